The zero-order valence-corrected chi connectivity index (χ0v) is 15.3. The van der Waals surface area contributed by atoms with Crippen LogP contribution in [0, 0.1) is 0 Å². The molecule has 2 rings (SSSR count). The zero-order chi connectivity index (χ0) is 18.1. The van der Waals surface area contributed by atoms with Crippen molar-refractivity contribution in [2.75, 3.05) is 18.4 Å². The molecule has 1 heterocycles. The van der Waals surface area contributed by atoms with Crippen LogP contribution in [0.2, 0.25) is 0 Å². The fourth-order valence-corrected chi connectivity index (χ4v) is 3.01. The second kappa shape index (κ2) is 9.68. The minimum Gasteiger partial charge on any atom is -0.508 e. The maximum Gasteiger partial charge on any atom is 0.246 e. The number of guanidine groups is 1. The summed E-state index contributed by atoms with van der Waals surface area (Å²) in [6.07, 6.45) is 1.04. The van der Waals surface area contributed by atoms with Crippen LogP contribution in [-0.4, -0.2) is 30.1 Å². The summed E-state index contributed by atoms with van der Waals surface area (Å²) in [5, 5.41) is 18.4. The first kappa shape index (κ1) is 18.8. The number of anilines is 1. The van der Waals surface area contributed by atoms with E-state index in [9.17, 15) is 9.90 Å². The third-order valence-electron chi connectivity index (χ3n) is 3.37. The van der Waals surface area contributed by atoms with Crippen LogP contribution in [0.15, 0.2) is 41.4 Å². The fraction of sp³-hybridized carbons (Fsp3) is 0.333. The molecule has 1 amide bonds. The summed E-state index contributed by atoms with van der Waals surface area (Å²) in [6, 6.07) is 10.6. The lowest BCUT2D eigenvalue weighted by Gasteiger charge is -2.10. The third-order valence-corrected chi connectivity index (χ3v) is 4.60. The number of nitrogens with one attached hydrogen (secondary N) is 3. The van der Waals surface area contributed by atoms with E-state index in [-0.39, 0.29) is 18.2 Å². The van der Waals surface area contributed by atoms with Crippen molar-refractivity contribution in [3.63, 3.8) is 0 Å². The molecule has 0 aliphatic carbocycles. The summed E-state index contributed by atoms with van der Waals surface area (Å²) in [6.45, 7) is 5.53. The van der Waals surface area contributed by atoms with Crippen LogP contribution in [0.4, 0.5) is 5.69 Å². The number of carbonyl (C=O) groups excluding carboxylic acids is 1. The predicted molar refractivity (Wildman–Crippen MR) is 103 cm³/mol. The van der Waals surface area contributed by atoms with Crippen molar-refractivity contribution in [1.29, 1.82) is 0 Å². The molecule has 0 aliphatic rings. The number of hydrogen-bond donors (Lipinski definition) is 4. The maximum atomic E-state index is 12.0. The number of aliphatic imine (C=N–C) groups is 1. The third kappa shape index (κ3) is 6.46. The molecule has 0 radical (unpaired) electrons. The molecule has 1 aromatic carbocycles. The molecular weight excluding hydrogens is 336 g/mol. The van der Waals surface area contributed by atoms with Crippen molar-refractivity contribution in [2.24, 2.45) is 4.99 Å². The molecule has 134 valence electrons. The Morgan fingerprint density at radius 2 is 1.80 bits per heavy atom. The van der Waals surface area contributed by atoms with Crippen molar-refractivity contribution in [3.8, 4) is 5.75 Å². The van der Waals surface area contributed by atoms with E-state index in [1.807, 2.05) is 6.92 Å². The molecule has 0 bridgehead atoms. The number of hydrogen-bond acceptors (Lipinski definition) is 4. The monoisotopic (exact) mass is 360 g/mol. The van der Waals surface area contributed by atoms with Gasteiger partial charge in [0.05, 0.1) is 6.54 Å². The Labute approximate surface area is 152 Å². The number of benzene rings is 1. The van der Waals surface area contributed by atoms with Gasteiger partial charge in [-0.1, -0.05) is 6.92 Å². The fourth-order valence-electron chi connectivity index (χ4n) is 2.12. The van der Waals surface area contributed by atoms with E-state index in [0.29, 0.717) is 18.2 Å². The normalized spacial score (nSPS) is 11.2. The highest BCUT2D eigenvalue weighted by molar-refractivity contribution is 7.11. The summed E-state index contributed by atoms with van der Waals surface area (Å²) in [5.41, 5.74) is 0.627. The van der Waals surface area contributed by atoms with Gasteiger partial charge in [0, 0.05) is 22.0 Å². The number of thiophene rings is 1. The van der Waals surface area contributed by atoms with E-state index in [2.05, 4.69) is 40.0 Å². The van der Waals surface area contributed by atoms with Crippen molar-refractivity contribution < 1.29 is 9.90 Å². The van der Waals surface area contributed by atoms with Crippen LogP contribution in [0.1, 0.15) is 23.6 Å². The van der Waals surface area contributed by atoms with Gasteiger partial charge in [0.25, 0.3) is 0 Å². The largest absolute Gasteiger partial charge is 0.508 e. The summed E-state index contributed by atoms with van der Waals surface area (Å²) >= 11 is 1.78. The number of phenols is 1. The van der Waals surface area contributed by atoms with Crippen molar-refractivity contribution >= 4 is 28.9 Å². The average Bonchev–Trinajstić information content (AvgIpc) is 3.07. The summed E-state index contributed by atoms with van der Waals surface area (Å²) in [7, 11) is 0. The minimum absolute atomic E-state index is 0.0147. The van der Waals surface area contributed by atoms with Gasteiger partial charge in [-0.05, 0) is 49.7 Å². The van der Waals surface area contributed by atoms with Crippen LogP contribution < -0.4 is 16.0 Å². The lowest BCUT2D eigenvalue weighted by atomic mass is 10.3. The van der Waals surface area contributed by atoms with Crippen molar-refractivity contribution in [2.45, 2.75) is 26.8 Å². The lowest BCUT2D eigenvalue weighted by Crippen LogP contribution is -2.37. The number of rotatable bonds is 7. The molecular formula is C18H24N4O2S. The second-order valence-corrected chi connectivity index (χ2v) is 6.62. The van der Waals surface area contributed by atoms with E-state index >= 15 is 0 Å². The number of phenolic OH excluding ortho intramolecular Hbond substituents is 1. The molecule has 0 spiro atoms. The summed E-state index contributed by atoms with van der Waals surface area (Å²) < 4.78 is 0. The number of carbonyl (C=O) groups is 1. The molecule has 0 saturated carbocycles. The topological polar surface area (TPSA) is 85.8 Å². The van der Waals surface area contributed by atoms with E-state index in [1.54, 1.807) is 23.5 Å². The smallest absolute Gasteiger partial charge is 0.246 e. The van der Waals surface area contributed by atoms with Gasteiger partial charge in [-0.3, -0.25) is 4.79 Å². The summed E-state index contributed by atoms with van der Waals surface area (Å²) in [4.78, 5) is 18.9. The van der Waals surface area contributed by atoms with Crippen LogP contribution in [0.25, 0.3) is 0 Å². The Hall–Kier alpha value is -2.54. The highest BCUT2D eigenvalue weighted by atomic mass is 32.1. The van der Waals surface area contributed by atoms with Crippen LogP contribution in [0.5, 0.6) is 5.75 Å². The van der Waals surface area contributed by atoms with E-state index < -0.39 is 0 Å². The van der Waals surface area contributed by atoms with Crippen LogP contribution in [-0.2, 0) is 17.8 Å². The first-order valence-electron chi connectivity index (χ1n) is 8.29. The van der Waals surface area contributed by atoms with Crippen LogP contribution in [0.3, 0.4) is 0 Å². The molecule has 0 fully saturated rings. The Morgan fingerprint density at radius 3 is 2.44 bits per heavy atom. The molecule has 0 atom stereocenters. The quantitative estimate of drug-likeness (QED) is 0.347. The number of nitrogens with zero attached hydrogens (tertiary/aromatic N) is 1. The molecule has 0 aliphatic heterocycles. The Kier molecular flexibility index (Phi) is 7.28. The Morgan fingerprint density at radius 1 is 1.08 bits per heavy atom. The van der Waals surface area contributed by atoms with Crippen LogP contribution >= 0.6 is 11.3 Å². The first-order chi connectivity index (χ1) is 12.1. The van der Waals surface area contributed by atoms with Gasteiger partial charge in [-0.15, -0.1) is 11.3 Å². The van der Waals surface area contributed by atoms with Gasteiger partial charge in [0.2, 0.25) is 5.91 Å². The van der Waals surface area contributed by atoms with Crippen molar-refractivity contribution in [3.05, 3.63) is 46.2 Å². The Balaban J connectivity index is 1.87. The van der Waals surface area contributed by atoms with Gasteiger partial charge in [0.15, 0.2) is 5.96 Å². The van der Waals surface area contributed by atoms with Gasteiger partial charge in [0.1, 0.15) is 12.3 Å². The lowest BCUT2D eigenvalue weighted by molar-refractivity contribution is -0.114. The van der Waals surface area contributed by atoms with Gasteiger partial charge < -0.3 is 21.1 Å². The molecule has 4 N–H and O–H groups in total. The van der Waals surface area contributed by atoms with Gasteiger partial charge in [-0.25, -0.2) is 4.99 Å². The molecule has 0 saturated heterocycles. The Bertz CT molecular complexity index is 710. The number of aryl methyl sites for hydroxylation is 1. The molecule has 6 nitrogen and oxygen atoms in total. The highest BCUT2D eigenvalue weighted by Gasteiger charge is 2.04. The van der Waals surface area contributed by atoms with E-state index in [0.717, 1.165) is 13.0 Å². The molecule has 7 heteroatoms. The van der Waals surface area contributed by atoms with Gasteiger partial charge >= 0.3 is 0 Å². The second-order valence-electron chi connectivity index (χ2n) is 5.37. The molecule has 25 heavy (non-hydrogen) atoms. The molecule has 0 unspecified atom stereocenters. The predicted octanol–water partition coefficient (Wildman–Crippen LogP) is 2.71. The van der Waals surface area contributed by atoms with Gasteiger partial charge in [-0.2, -0.15) is 0 Å². The molecule has 2 aromatic rings. The van der Waals surface area contributed by atoms with Crippen molar-refractivity contribution in [1.82, 2.24) is 10.6 Å². The summed E-state index contributed by atoms with van der Waals surface area (Å²) in [5.74, 6) is 0.552. The maximum absolute atomic E-state index is 12.0. The number of amides is 1. The zero-order valence-electron chi connectivity index (χ0n) is 14.5. The van der Waals surface area contributed by atoms with E-state index in [1.165, 1.54) is 21.9 Å². The highest BCUT2D eigenvalue weighted by Crippen LogP contribution is 2.16. The number of aromatic hydroxyl groups is 1. The molecule has 1 aromatic heterocycles. The minimum atomic E-state index is -0.215. The van der Waals surface area contributed by atoms with E-state index in [4.69, 9.17) is 0 Å². The average molecular weight is 360 g/mol. The first-order valence-corrected chi connectivity index (χ1v) is 9.11. The standard InChI is InChI=1S/C18H24N4O2S/c1-3-15-9-10-16(25-15)11-20-18(19-4-2)21-12-17(24)22-13-5-7-14(23)8-6-13/h5-10,23H,3-4,11-12H2,1-2H3,(H,22,24)(H2,19,20,21). The SMILES string of the molecule is CCNC(=NCC(=O)Nc1ccc(O)cc1)NCc1ccc(CC)s1.